The van der Waals surface area contributed by atoms with E-state index < -0.39 is 6.04 Å². The molecule has 1 aromatic carbocycles. The minimum absolute atomic E-state index is 0.0134. The highest BCUT2D eigenvalue weighted by Gasteiger charge is 2.39. The lowest BCUT2D eigenvalue weighted by atomic mass is 10.0. The maximum Gasteiger partial charge on any atom is 0.245 e. The number of hydrogen-bond acceptors (Lipinski definition) is 2. The number of fused-ring (bicyclic) bond motifs is 1. The molecule has 1 atom stereocenters. The first kappa shape index (κ1) is 14.6. The predicted molar refractivity (Wildman–Crippen MR) is 79.7 cm³/mol. The summed E-state index contributed by atoms with van der Waals surface area (Å²) in [7, 11) is 3.46. The van der Waals surface area contributed by atoms with Crippen molar-refractivity contribution in [3.63, 3.8) is 0 Å². The van der Waals surface area contributed by atoms with Gasteiger partial charge in [-0.2, -0.15) is 0 Å². The maximum absolute atomic E-state index is 12.4. The average Bonchev–Trinajstić information content (AvgIpc) is 2.66. The first-order chi connectivity index (χ1) is 9.32. The van der Waals surface area contributed by atoms with E-state index in [1.54, 1.807) is 23.9 Å². The molecule has 1 heterocycles. The third-order valence-corrected chi connectivity index (χ3v) is 3.71. The van der Waals surface area contributed by atoms with Gasteiger partial charge in [-0.1, -0.05) is 26.0 Å². The Kier molecular flexibility index (Phi) is 3.84. The predicted octanol–water partition coefficient (Wildman–Crippen LogP) is 2.00. The quantitative estimate of drug-likeness (QED) is 0.846. The van der Waals surface area contributed by atoms with Crippen LogP contribution in [0.4, 0.5) is 5.69 Å². The van der Waals surface area contributed by atoms with Gasteiger partial charge in [0.05, 0.1) is 6.42 Å². The Balaban J connectivity index is 2.47. The van der Waals surface area contributed by atoms with Crippen molar-refractivity contribution in [1.82, 2.24) is 4.90 Å². The molecule has 1 aliphatic heterocycles. The topological polar surface area (TPSA) is 40.6 Å². The molecule has 2 amide bonds. The fraction of sp³-hybridized carbons (Fsp3) is 0.500. The Hall–Kier alpha value is -1.84. The number of carbonyl (C=O) groups is 2. The number of aryl methyl sites for hydroxylation is 1. The van der Waals surface area contributed by atoms with E-state index in [4.69, 9.17) is 0 Å². The Morgan fingerprint density at radius 2 is 1.95 bits per heavy atom. The summed E-state index contributed by atoms with van der Waals surface area (Å²) in [5.41, 5.74) is 3.00. The third kappa shape index (κ3) is 2.42. The van der Waals surface area contributed by atoms with Crippen molar-refractivity contribution in [3.8, 4) is 0 Å². The van der Waals surface area contributed by atoms with E-state index in [2.05, 4.69) is 0 Å². The van der Waals surface area contributed by atoms with Crippen LogP contribution in [-0.4, -0.2) is 36.9 Å². The van der Waals surface area contributed by atoms with Gasteiger partial charge in [-0.15, -0.1) is 0 Å². The zero-order chi connectivity index (χ0) is 15.0. The molecule has 1 unspecified atom stereocenters. The van der Waals surface area contributed by atoms with E-state index in [-0.39, 0.29) is 17.7 Å². The zero-order valence-electron chi connectivity index (χ0n) is 12.8. The van der Waals surface area contributed by atoms with E-state index in [1.807, 2.05) is 39.0 Å². The molecule has 108 valence electrons. The van der Waals surface area contributed by atoms with Crippen LogP contribution in [0.15, 0.2) is 18.2 Å². The summed E-state index contributed by atoms with van der Waals surface area (Å²) in [4.78, 5) is 28.1. The average molecular weight is 274 g/mol. The number of hydrogen-bond donors (Lipinski definition) is 0. The van der Waals surface area contributed by atoms with E-state index >= 15 is 0 Å². The summed E-state index contributed by atoms with van der Waals surface area (Å²) in [6.07, 6.45) is 0.388. The molecular weight excluding hydrogens is 252 g/mol. The third-order valence-electron chi connectivity index (χ3n) is 3.71. The molecule has 0 fully saturated rings. The van der Waals surface area contributed by atoms with Crippen molar-refractivity contribution >= 4 is 17.5 Å². The second kappa shape index (κ2) is 5.27. The lowest BCUT2D eigenvalue weighted by Gasteiger charge is -2.32. The number of carbonyl (C=O) groups excluding carboxylic acids is 2. The van der Waals surface area contributed by atoms with Crippen LogP contribution in [0.3, 0.4) is 0 Å². The molecule has 0 aromatic heterocycles. The Morgan fingerprint density at radius 3 is 2.50 bits per heavy atom. The highest BCUT2D eigenvalue weighted by molar-refractivity contribution is 6.06. The number of anilines is 1. The van der Waals surface area contributed by atoms with Gasteiger partial charge in [0.25, 0.3) is 0 Å². The molecule has 0 spiro atoms. The number of benzene rings is 1. The lowest BCUT2D eigenvalue weighted by Crippen LogP contribution is -2.51. The highest BCUT2D eigenvalue weighted by Crippen LogP contribution is 2.33. The highest BCUT2D eigenvalue weighted by atomic mass is 16.2. The summed E-state index contributed by atoms with van der Waals surface area (Å²) < 4.78 is 0. The Bertz CT molecular complexity index is 549. The van der Waals surface area contributed by atoms with Crippen LogP contribution in [0.5, 0.6) is 0 Å². The first-order valence-corrected chi connectivity index (χ1v) is 6.95. The standard InChI is InChI=1S/C16H22N2O2/c1-10(2)15(16(20)17(4)5)18-13-8-11(3)6-7-12(13)9-14(18)19/h6-8,10,15H,9H2,1-5H3. The van der Waals surface area contributed by atoms with Gasteiger partial charge in [0.2, 0.25) is 11.8 Å². The number of amides is 2. The Labute approximate surface area is 120 Å². The summed E-state index contributed by atoms with van der Waals surface area (Å²) in [6, 6.07) is 5.56. The Morgan fingerprint density at radius 1 is 1.30 bits per heavy atom. The normalized spacial score (nSPS) is 15.5. The number of nitrogens with zero attached hydrogens (tertiary/aromatic N) is 2. The van der Waals surface area contributed by atoms with E-state index in [0.29, 0.717) is 6.42 Å². The molecule has 0 aliphatic carbocycles. The molecular formula is C16H22N2O2. The van der Waals surface area contributed by atoms with Crippen molar-refractivity contribution in [2.24, 2.45) is 5.92 Å². The largest absolute Gasteiger partial charge is 0.347 e. The first-order valence-electron chi connectivity index (χ1n) is 6.95. The van der Waals surface area contributed by atoms with Gasteiger partial charge in [0.1, 0.15) is 6.04 Å². The molecule has 1 aromatic rings. The van der Waals surface area contributed by atoms with Crippen LogP contribution in [0.25, 0.3) is 0 Å². The van der Waals surface area contributed by atoms with Crippen molar-refractivity contribution < 1.29 is 9.59 Å². The maximum atomic E-state index is 12.4. The van der Waals surface area contributed by atoms with Gasteiger partial charge in [-0.3, -0.25) is 14.5 Å². The minimum atomic E-state index is -0.430. The fourth-order valence-corrected chi connectivity index (χ4v) is 2.69. The summed E-state index contributed by atoms with van der Waals surface area (Å²) in [5.74, 6) is 0.0579. The van der Waals surface area contributed by atoms with Crippen LogP contribution in [0.1, 0.15) is 25.0 Å². The van der Waals surface area contributed by atoms with Gasteiger partial charge in [-0.25, -0.2) is 0 Å². The van der Waals surface area contributed by atoms with Crippen LogP contribution >= 0.6 is 0 Å². The van der Waals surface area contributed by atoms with Gasteiger partial charge in [-0.05, 0) is 30.0 Å². The smallest absolute Gasteiger partial charge is 0.245 e. The molecule has 20 heavy (non-hydrogen) atoms. The van der Waals surface area contributed by atoms with Crippen molar-refractivity contribution in [2.75, 3.05) is 19.0 Å². The van der Waals surface area contributed by atoms with Gasteiger partial charge < -0.3 is 4.90 Å². The molecule has 4 nitrogen and oxygen atoms in total. The van der Waals surface area contributed by atoms with E-state index in [0.717, 1.165) is 16.8 Å². The molecule has 0 saturated heterocycles. The summed E-state index contributed by atoms with van der Waals surface area (Å²) in [6.45, 7) is 5.96. The molecule has 0 bridgehead atoms. The molecule has 0 N–H and O–H groups in total. The van der Waals surface area contributed by atoms with Crippen molar-refractivity contribution in [3.05, 3.63) is 29.3 Å². The van der Waals surface area contributed by atoms with E-state index in [1.165, 1.54) is 0 Å². The molecule has 0 saturated carbocycles. The zero-order valence-corrected chi connectivity index (χ0v) is 12.8. The SMILES string of the molecule is Cc1ccc2c(c1)N(C(C(=O)N(C)C)C(C)C)C(=O)C2. The summed E-state index contributed by atoms with van der Waals surface area (Å²) >= 11 is 0. The van der Waals surface area contributed by atoms with Crippen molar-refractivity contribution in [2.45, 2.75) is 33.2 Å². The van der Waals surface area contributed by atoms with E-state index in [9.17, 15) is 9.59 Å². The fourth-order valence-electron chi connectivity index (χ4n) is 2.69. The second-order valence-electron chi connectivity index (χ2n) is 5.99. The number of rotatable bonds is 3. The molecule has 0 radical (unpaired) electrons. The van der Waals surface area contributed by atoms with Crippen LogP contribution in [0.2, 0.25) is 0 Å². The van der Waals surface area contributed by atoms with Crippen LogP contribution in [-0.2, 0) is 16.0 Å². The van der Waals surface area contributed by atoms with Gasteiger partial charge in [0.15, 0.2) is 0 Å². The summed E-state index contributed by atoms with van der Waals surface area (Å²) in [5, 5.41) is 0. The van der Waals surface area contributed by atoms with Gasteiger partial charge in [0, 0.05) is 19.8 Å². The van der Waals surface area contributed by atoms with Crippen molar-refractivity contribution in [1.29, 1.82) is 0 Å². The monoisotopic (exact) mass is 274 g/mol. The van der Waals surface area contributed by atoms with Crippen LogP contribution in [0, 0.1) is 12.8 Å². The molecule has 4 heteroatoms. The second-order valence-corrected chi connectivity index (χ2v) is 5.99. The lowest BCUT2D eigenvalue weighted by molar-refractivity contribution is -0.133. The minimum Gasteiger partial charge on any atom is -0.347 e. The number of likely N-dealkylation sites (N-methyl/N-ethyl adjacent to an activating group) is 1. The molecule has 2 rings (SSSR count). The van der Waals surface area contributed by atoms with Crippen LogP contribution < -0.4 is 4.90 Å². The van der Waals surface area contributed by atoms with Gasteiger partial charge >= 0.3 is 0 Å². The molecule has 1 aliphatic rings.